The van der Waals surface area contributed by atoms with Crippen molar-refractivity contribution in [3.8, 4) is 0 Å². The Bertz CT molecular complexity index is 293. The molecule has 0 spiro atoms. The van der Waals surface area contributed by atoms with Gasteiger partial charge in [0, 0.05) is 18.4 Å². The Hall–Kier alpha value is -1.43. The van der Waals surface area contributed by atoms with E-state index in [1.165, 1.54) is 6.20 Å². The largest absolute Gasteiger partial charge is 0.378 e. The Morgan fingerprint density at radius 1 is 1.50 bits per heavy atom. The highest BCUT2D eigenvalue weighted by molar-refractivity contribution is 5.78. The van der Waals surface area contributed by atoms with Gasteiger partial charge in [0.1, 0.15) is 0 Å². The van der Waals surface area contributed by atoms with E-state index < -0.39 is 0 Å². The molecule has 1 aromatic heterocycles. The minimum atomic E-state index is 0.0341. The van der Waals surface area contributed by atoms with Crippen LogP contribution in [0, 0.1) is 0 Å². The summed E-state index contributed by atoms with van der Waals surface area (Å²) < 4.78 is 9.90. The van der Waals surface area contributed by atoms with E-state index in [0.29, 0.717) is 32.1 Å². The van der Waals surface area contributed by atoms with Crippen LogP contribution in [-0.2, 0) is 16.0 Å². The second-order valence-electron chi connectivity index (χ2n) is 3.05. The van der Waals surface area contributed by atoms with E-state index in [0.717, 1.165) is 0 Å². The van der Waals surface area contributed by atoms with Gasteiger partial charge in [-0.2, -0.15) is 0 Å². The first kappa shape index (κ1) is 9.14. The lowest BCUT2D eigenvalue weighted by atomic mass is 10.3. The Balaban J connectivity index is 1.88. The summed E-state index contributed by atoms with van der Waals surface area (Å²) in [7, 11) is 0. The van der Waals surface area contributed by atoms with E-state index in [4.69, 9.17) is 9.26 Å². The Kier molecular flexibility index (Phi) is 2.73. The van der Waals surface area contributed by atoms with Crippen LogP contribution in [0.25, 0.3) is 0 Å². The standard InChI is InChI=1S/C8H11N3O3/c12-8(5-7-6-9-10-14-7)11-1-3-13-4-2-11/h6H,1-5H2. The molecule has 14 heavy (non-hydrogen) atoms. The van der Waals surface area contributed by atoms with Crippen molar-refractivity contribution < 1.29 is 14.1 Å². The number of morpholine rings is 1. The number of amides is 1. The van der Waals surface area contributed by atoms with Crippen molar-refractivity contribution in [2.24, 2.45) is 0 Å². The number of nitrogens with zero attached hydrogens (tertiary/aromatic N) is 3. The molecule has 2 rings (SSSR count). The molecule has 1 amide bonds. The quantitative estimate of drug-likeness (QED) is 0.637. The first-order valence-electron chi connectivity index (χ1n) is 4.48. The smallest absolute Gasteiger partial charge is 0.230 e. The topological polar surface area (TPSA) is 68.5 Å². The van der Waals surface area contributed by atoms with E-state index in [2.05, 4.69) is 10.4 Å². The van der Waals surface area contributed by atoms with E-state index in [-0.39, 0.29) is 12.3 Å². The molecule has 1 aliphatic heterocycles. The number of ether oxygens (including phenoxy) is 1. The number of hydrogen-bond acceptors (Lipinski definition) is 5. The maximum Gasteiger partial charge on any atom is 0.230 e. The molecule has 0 radical (unpaired) electrons. The van der Waals surface area contributed by atoms with E-state index in [1.807, 2.05) is 0 Å². The van der Waals surface area contributed by atoms with Crippen molar-refractivity contribution in [2.45, 2.75) is 6.42 Å². The number of carbonyl (C=O) groups excluding carboxylic acids is 1. The minimum absolute atomic E-state index is 0.0341. The second kappa shape index (κ2) is 4.19. The van der Waals surface area contributed by atoms with Crippen LogP contribution in [0.2, 0.25) is 0 Å². The van der Waals surface area contributed by atoms with Gasteiger partial charge in [-0.1, -0.05) is 0 Å². The maximum atomic E-state index is 11.6. The van der Waals surface area contributed by atoms with Gasteiger partial charge in [0.05, 0.1) is 25.8 Å². The summed E-state index contributed by atoms with van der Waals surface area (Å²) in [6.45, 7) is 2.53. The molecule has 0 saturated carbocycles. The number of carbonyl (C=O) groups is 1. The zero-order chi connectivity index (χ0) is 9.80. The highest BCUT2D eigenvalue weighted by Crippen LogP contribution is 2.03. The van der Waals surface area contributed by atoms with Gasteiger partial charge in [0.15, 0.2) is 5.76 Å². The molecular formula is C8H11N3O3. The average molecular weight is 197 g/mol. The van der Waals surface area contributed by atoms with E-state index in [9.17, 15) is 4.79 Å². The van der Waals surface area contributed by atoms with Gasteiger partial charge in [0.2, 0.25) is 5.91 Å². The molecule has 1 fully saturated rings. The number of hydrogen-bond donors (Lipinski definition) is 0. The average Bonchev–Trinajstić information content (AvgIpc) is 2.72. The van der Waals surface area contributed by atoms with Gasteiger partial charge < -0.3 is 14.2 Å². The molecule has 6 nitrogen and oxygen atoms in total. The fraction of sp³-hybridized carbons (Fsp3) is 0.625. The molecule has 6 heteroatoms. The molecule has 2 heterocycles. The van der Waals surface area contributed by atoms with Crippen LogP contribution in [0.15, 0.2) is 10.7 Å². The fourth-order valence-corrected chi connectivity index (χ4v) is 1.34. The van der Waals surface area contributed by atoms with Crippen molar-refractivity contribution in [3.63, 3.8) is 0 Å². The lowest BCUT2D eigenvalue weighted by Gasteiger charge is -2.26. The first-order valence-corrected chi connectivity index (χ1v) is 4.48. The van der Waals surface area contributed by atoms with Crippen LogP contribution in [0.5, 0.6) is 0 Å². The van der Waals surface area contributed by atoms with Crippen molar-refractivity contribution in [1.82, 2.24) is 15.3 Å². The summed E-state index contributed by atoms with van der Waals surface area (Å²) in [6, 6.07) is 0. The van der Waals surface area contributed by atoms with Gasteiger partial charge >= 0.3 is 0 Å². The number of rotatable bonds is 2. The summed E-state index contributed by atoms with van der Waals surface area (Å²) in [6.07, 6.45) is 1.69. The summed E-state index contributed by atoms with van der Waals surface area (Å²) in [5.41, 5.74) is 0. The Morgan fingerprint density at radius 3 is 2.93 bits per heavy atom. The van der Waals surface area contributed by atoms with Gasteiger partial charge in [-0.15, -0.1) is 5.10 Å². The van der Waals surface area contributed by atoms with Crippen molar-refractivity contribution in [2.75, 3.05) is 26.3 Å². The fourth-order valence-electron chi connectivity index (χ4n) is 1.34. The summed E-state index contributed by atoms with van der Waals surface area (Å²) >= 11 is 0. The van der Waals surface area contributed by atoms with Gasteiger partial charge in [-0.25, -0.2) is 0 Å². The summed E-state index contributed by atoms with van der Waals surface area (Å²) in [5, 5.41) is 6.81. The zero-order valence-electron chi connectivity index (χ0n) is 7.68. The van der Waals surface area contributed by atoms with Crippen LogP contribution in [-0.4, -0.2) is 47.5 Å². The van der Waals surface area contributed by atoms with Crippen molar-refractivity contribution in [1.29, 1.82) is 0 Å². The molecule has 0 aromatic carbocycles. The van der Waals surface area contributed by atoms with Gasteiger partial charge in [-0.3, -0.25) is 4.79 Å². The molecule has 0 aliphatic carbocycles. The normalized spacial score (nSPS) is 17.0. The third-order valence-corrected chi connectivity index (χ3v) is 2.10. The molecule has 1 aliphatic rings. The van der Waals surface area contributed by atoms with E-state index in [1.54, 1.807) is 4.90 Å². The molecule has 0 unspecified atom stereocenters. The predicted molar refractivity (Wildman–Crippen MR) is 45.4 cm³/mol. The van der Waals surface area contributed by atoms with Crippen LogP contribution in [0.3, 0.4) is 0 Å². The Morgan fingerprint density at radius 2 is 2.29 bits per heavy atom. The molecule has 1 saturated heterocycles. The lowest BCUT2D eigenvalue weighted by Crippen LogP contribution is -2.41. The molecule has 1 aromatic rings. The predicted octanol–water partition coefficient (Wildman–Crippen LogP) is -0.529. The van der Waals surface area contributed by atoms with Crippen molar-refractivity contribution in [3.05, 3.63) is 12.0 Å². The lowest BCUT2D eigenvalue weighted by molar-refractivity contribution is -0.134. The molecule has 0 N–H and O–H groups in total. The van der Waals surface area contributed by atoms with Gasteiger partial charge in [-0.05, 0) is 0 Å². The monoisotopic (exact) mass is 197 g/mol. The molecule has 0 atom stereocenters. The maximum absolute atomic E-state index is 11.6. The van der Waals surface area contributed by atoms with Crippen molar-refractivity contribution >= 4 is 5.91 Å². The highest BCUT2D eigenvalue weighted by Gasteiger charge is 2.18. The van der Waals surface area contributed by atoms with Crippen LogP contribution >= 0.6 is 0 Å². The minimum Gasteiger partial charge on any atom is -0.378 e. The number of aromatic nitrogens is 2. The molecular weight excluding hydrogens is 186 g/mol. The van der Waals surface area contributed by atoms with Gasteiger partial charge in [0.25, 0.3) is 0 Å². The first-order chi connectivity index (χ1) is 6.86. The second-order valence-corrected chi connectivity index (χ2v) is 3.05. The SMILES string of the molecule is O=C(Cc1cnno1)N1CCOCC1. The molecule has 0 bridgehead atoms. The van der Waals surface area contributed by atoms with Crippen LogP contribution < -0.4 is 0 Å². The zero-order valence-corrected chi connectivity index (χ0v) is 7.68. The van der Waals surface area contributed by atoms with Crippen LogP contribution in [0.1, 0.15) is 5.76 Å². The van der Waals surface area contributed by atoms with E-state index >= 15 is 0 Å². The molecule has 76 valence electrons. The summed E-state index contributed by atoms with van der Waals surface area (Å²) in [5.74, 6) is 0.536. The highest BCUT2D eigenvalue weighted by atomic mass is 16.5. The van der Waals surface area contributed by atoms with Crippen LogP contribution in [0.4, 0.5) is 0 Å². The third-order valence-electron chi connectivity index (χ3n) is 2.10. The third kappa shape index (κ3) is 2.08. The summed E-state index contributed by atoms with van der Waals surface area (Å²) in [4.78, 5) is 13.4. The Labute approximate surface area is 80.8 Å².